The van der Waals surface area contributed by atoms with Crippen LogP contribution in [0.15, 0.2) is 42.7 Å². The SMILES string of the molecule is CNc1cncc(Oc2ccc(C#N)cc2)c1. The third-order valence-electron chi connectivity index (χ3n) is 2.22. The van der Waals surface area contributed by atoms with Gasteiger partial charge in [-0.3, -0.25) is 4.98 Å². The molecule has 0 radical (unpaired) electrons. The molecule has 1 heterocycles. The fourth-order valence-corrected chi connectivity index (χ4v) is 1.34. The quantitative estimate of drug-likeness (QED) is 0.872. The molecule has 2 aromatic rings. The molecule has 2 rings (SSSR count). The summed E-state index contributed by atoms with van der Waals surface area (Å²) >= 11 is 0. The summed E-state index contributed by atoms with van der Waals surface area (Å²) in [5.74, 6) is 1.33. The predicted molar refractivity (Wildman–Crippen MR) is 65.0 cm³/mol. The van der Waals surface area contributed by atoms with E-state index < -0.39 is 0 Å². The van der Waals surface area contributed by atoms with Crippen molar-refractivity contribution in [2.75, 3.05) is 12.4 Å². The molecule has 0 saturated carbocycles. The van der Waals surface area contributed by atoms with Gasteiger partial charge in [-0.05, 0) is 24.3 Å². The molecular formula is C13H11N3O. The second kappa shape index (κ2) is 4.99. The van der Waals surface area contributed by atoms with Crippen LogP contribution in [0.1, 0.15) is 5.56 Å². The van der Waals surface area contributed by atoms with Gasteiger partial charge >= 0.3 is 0 Å². The van der Waals surface area contributed by atoms with Crippen molar-refractivity contribution in [3.8, 4) is 17.6 Å². The van der Waals surface area contributed by atoms with E-state index in [0.29, 0.717) is 17.1 Å². The maximum absolute atomic E-state index is 8.68. The minimum Gasteiger partial charge on any atom is -0.456 e. The number of nitrogens with one attached hydrogen (secondary N) is 1. The Morgan fingerprint density at radius 3 is 2.59 bits per heavy atom. The van der Waals surface area contributed by atoms with Gasteiger partial charge < -0.3 is 10.1 Å². The van der Waals surface area contributed by atoms with Gasteiger partial charge in [0.25, 0.3) is 0 Å². The highest BCUT2D eigenvalue weighted by atomic mass is 16.5. The smallest absolute Gasteiger partial charge is 0.147 e. The first kappa shape index (κ1) is 11.0. The van der Waals surface area contributed by atoms with Crippen molar-refractivity contribution in [1.29, 1.82) is 5.26 Å². The van der Waals surface area contributed by atoms with E-state index in [0.717, 1.165) is 5.69 Å². The zero-order valence-electron chi connectivity index (χ0n) is 9.34. The summed E-state index contributed by atoms with van der Waals surface area (Å²) in [6.07, 6.45) is 3.35. The number of nitriles is 1. The molecule has 0 saturated heterocycles. The molecule has 1 aromatic carbocycles. The average molecular weight is 225 g/mol. The first-order chi connectivity index (χ1) is 8.31. The van der Waals surface area contributed by atoms with Gasteiger partial charge in [0.2, 0.25) is 0 Å². The Hall–Kier alpha value is -2.54. The number of aromatic nitrogens is 1. The third-order valence-corrected chi connectivity index (χ3v) is 2.22. The van der Waals surface area contributed by atoms with Gasteiger partial charge in [-0.2, -0.15) is 5.26 Å². The topological polar surface area (TPSA) is 57.9 Å². The van der Waals surface area contributed by atoms with Crippen LogP contribution in [0.4, 0.5) is 5.69 Å². The highest BCUT2D eigenvalue weighted by molar-refractivity contribution is 5.46. The van der Waals surface area contributed by atoms with Crippen molar-refractivity contribution < 1.29 is 4.74 Å². The molecule has 0 fully saturated rings. The van der Waals surface area contributed by atoms with Crippen molar-refractivity contribution in [2.45, 2.75) is 0 Å². The van der Waals surface area contributed by atoms with Gasteiger partial charge in [0.05, 0.1) is 29.7 Å². The molecule has 0 spiro atoms. The molecule has 0 bridgehead atoms. The van der Waals surface area contributed by atoms with Crippen LogP contribution in [0.25, 0.3) is 0 Å². The number of anilines is 1. The molecule has 1 N–H and O–H groups in total. The van der Waals surface area contributed by atoms with Crippen LogP contribution in [0.2, 0.25) is 0 Å². The Kier molecular flexibility index (Phi) is 3.22. The summed E-state index contributed by atoms with van der Waals surface area (Å²) in [7, 11) is 1.82. The minimum atomic E-state index is 0.611. The van der Waals surface area contributed by atoms with Crippen LogP contribution in [-0.4, -0.2) is 12.0 Å². The molecule has 4 heteroatoms. The Labute approximate surface area is 99.5 Å². The maximum Gasteiger partial charge on any atom is 0.147 e. The van der Waals surface area contributed by atoms with Crippen molar-refractivity contribution >= 4 is 5.69 Å². The molecule has 4 nitrogen and oxygen atoms in total. The number of benzene rings is 1. The normalized spacial score (nSPS) is 9.41. The molecule has 0 unspecified atom stereocenters. The van der Waals surface area contributed by atoms with Crippen LogP contribution >= 0.6 is 0 Å². The molecule has 0 amide bonds. The van der Waals surface area contributed by atoms with Gasteiger partial charge in [0.1, 0.15) is 11.5 Å². The molecular weight excluding hydrogens is 214 g/mol. The lowest BCUT2D eigenvalue weighted by molar-refractivity contribution is 0.480. The van der Waals surface area contributed by atoms with Gasteiger partial charge in [0.15, 0.2) is 0 Å². The van der Waals surface area contributed by atoms with Crippen LogP contribution < -0.4 is 10.1 Å². The van der Waals surface area contributed by atoms with Crippen LogP contribution in [0, 0.1) is 11.3 Å². The molecule has 17 heavy (non-hydrogen) atoms. The van der Waals surface area contributed by atoms with Crippen molar-refractivity contribution in [3.05, 3.63) is 48.3 Å². The Bertz CT molecular complexity index is 543. The molecule has 0 aliphatic heterocycles. The summed E-state index contributed by atoms with van der Waals surface area (Å²) in [6.45, 7) is 0. The monoisotopic (exact) mass is 225 g/mol. The summed E-state index contributed by atoms with van der Waals surface area (Å²) in [5, 5.41) is 11.7. The van der Waals surface area contributed by atoms with E-state index in [-0.39, 0.29) is 0 Å². The maximum atomic E-state index is 8.68. The van der Waals surface area contributed by atoms with E-state index in [9.17, 15) is 0 Å². The van der Waals surface area contributed by atoms with E-state index >= 15 is 0 Å². The Morgan fingerprint density at radius 1 is 1.18 bits per heavy atom. The Morgan fingerprint density at radius 2 is 1.94 bits per heavy atom. The summed E-state index contributed by atoms with van der Waals surface area (Å²) < 4.78 is 5.61. The number of rotatable bonds is 3. The fraction of sp³-hybridized carbons (Fsp3) is 0.0769. The second-order valence-electron chi connectivity index (χ2n) is 3.40. The van der Waals surface area contributed by atoms with Gasteiger partial charge in [-0.15, -0.1) is 0 Å². The number of hydrogen-bond donors (Lipinski definition) is 1. The fourth-order valence-electron chi connectivity index (χ4n) is 1.34. The van der Waals surface area contributed by atoms with Crippen LogP contribution in [-0.2, 0) is 0 Å². The molecule has 0 aliphatic rings. The van der Waals surface area contributed by atoms with Crippen LogP contribution in [0.5, 0.6) is 11.5 Å². The van der Waals surface area contributed by atoms with Crippen molar-refractivity contribution in [1.82, 2.24) is 4.98 Å². The first-order valence-electron chi connectivity index (χ1n) is 5.12. The van der Waals surface area contributed by atoms with Gasteiger partial charge in [0, 0.05) is 13.1 Å². The summed E-state index contributed by atoms with van der Waals surface area (Å²) in [5.41, 5.74) is 1.50. The first-order valence-corrected chi connectivity index (χ1v) is 5.12. The van der Waals surface area contributed by atoms with E-state index in [1.807, 2.05) is 13.1 Å². The summed E-state index contributed by atoms with van der Waals surface area (Å²) in [4.78, 5) is 4.05. The minimum absolute atomic E-state index is 0.611. The number of hydrogen-bond acceptors (Lipinski definition) is 4. The standard InChI is InChI=1S/C13H11N3O/c1-15-11-6-13(9-16-8-11)17-12-4-2-10(7-14)3-5-12/h2-6,8-9,15H,1H3. The highest BCUT2D eigenvalue weighted by Crippen LogP contribution is 2.22. The largest absolute Gasteiger partial charge is 0.456 e. The number of ether oxygens (including phenoxy) is 1. The molecule has 0 aliphatic carbocycles. The van der Waals surface area contributed by atoms with E-state index in [4.69, 9.17) is 10.00 Å². The molecule has 0 atom stereocenters. The van der Waals surface area contributed by atoms with E-state index in [1.165, 1.54) is 0 Å². The highest BCUT2D eigenvalue weighted by Gasteiger charge is 1.99. The van der Waals surface area contributed by atoms with Gasteiger partial charge in [-0.1, -0.05) is 0 Å². The van der Waals surface area contributed by atoms with Crippen molar-refractivity contribution in [2.24, 2.45) is 0 Å². The van der Waals surface area contributed by atoms with E-state index in [2.05, 4.69) is 16.4 Å². The Balaban J connectivity index is 2.16. The van der Waals surface area contributed by atoms with Gasteiger partial charge in [-0.25, -0.2) is 0 Å². The molecule has 1 aromatic heterocycles. The number of pyridine rings is 1. The lowest BCUT2D eigenvalue weighted by atomic mass is 10.2. The average Bonchev–Trinajstić information content (AvgIpc) is 2.40. The zero-order valence-corrected chi connectivity index (χ0v) is 9.34. The third kappa shape index (κ3) is 2.73. The molecule has 84 valence electrons. The lowest BCUT2D eigenvalue weighted by Crippen LogP contribution is -1.91. The van der Waals surface area contributed by atoms with E-state index in [1.54, 1.807) is 36.7 Å². The zero-order chi connectivity index (χ0) is 12.1. The second-order valence-corrected chi connectivity index (χ2v) is 3.40. The summed E-state index contributed by atoms with van der Waals surface area (Å²) in [6, 6.07) is 10.8. The predicted octanol–water partition coefficient (Wildman–Crippen LogP) is 2.79. The lowest BCUT2D eigenvalue weighted by Gasteiger charge is -2.06. The van der Waals surface area contributed by atoms with Crippen molar-refractivity contribution in [3.63, 3.8) is 0 Å². The van der Waals surface area contributed by atoms with Crippen LogP contribution in [0.3, 0.4) is 0 Å². The number of nitrogens with zero attached hydrogens (tertiary/aromatic N) is 2.